The number of rotatable bonds is 3. The van der Waals surface area contributed by atoms with Gasteiger partial charge in [-0.3, -0.25) is 14.5 Å². The molecular formula is C19H20N4O2S2. The number of hydrogen-bond donors (Lipinski definition) is 1. The Morgan fingerprint density at radius 2 is 2.07 bits per heavy atom. The van der Waals surface area contributed by atoms with Gasteiger partial charge in [-0.15, -0.1) is 0 Å². The minimum Gasteiger partial charge on any atom is -0.325 e. The van der Waals surface area contributed by atoms with Crippen molar-refractivity contribution in [3.8, 4) is 0 Å². The summed E-state index contributed by atoms with van der Waals surface area (Å²) in [6, 6.07) is 9.19. The SMILES string of the molecule is CN1C(=O)c2cc(NC(=O)CN3CCSCC3)ccc2Sc2ncccc21. The summed E-state index contributed by atoms with van der Waals surface area (Å²) < 4.78 is 0. The van der Waals surface area contributed by atoms with Gasteiger partial charge in [-0.2, -0.15) is 11.8 Å². The molecular weight excluding hydrogens is 380 g/mol. The van der Waals surface area contributed by atoms with Crippen LogP contribution in [0.15, 0.2) is 46.5 Å². The highest BCUT2D eigenvalue weighted by Gasteiger charge is 2.26. The molecule has 1 aromatic carbocycles. The monoisotopic (exact) mass is 400 g/mol. The fourth-order valence-corrected chi connectivity index (χ4v) is 5.14. The van der Waals surface area contributed by atoms with E-state index >= 15 is 0 Å². The molecule has 0 atom stereocenters. The van der Waals surface area contributed by atoms with Gasteiger partial charge in [0.2, 0.25) is 5.91 Å². The van der Waals surface area contributed by atoms with Crippen molar-refractivity contribution in [3.63, 3.8) is 0 Å². The molecule has 2 aromatic rings. The second kappa shape index (κ2) is 7.92. The number of anilines is 2. The van der Waals surface area contributed by atoms with E-state index in [-0.39, 0.29) is 11.8 Å². The molecule has 3 heterocycles. The number of nitrogens with zero attached hydrogens (tertiary/aromatic N) is 3. The van der Waals surface area contributed by atoms with E-state index in [4.69, 9.17) is 0 Å². The Labute approximate surface area is 166 Å². The number of thioether (sulfide) groups is 1. The van der Waals surface area contributed by atoms with Gasteiger partial charge in [0.15, 0.2) is 0 Å². The van der Waals surface area contributed by atoms with Crippen LogP contribution in [0.2, 0.25) is 0 Å². The lowest BCUT2D eigenvalue weighted by molar-refractivity contribution is -0.117. The third kappa shape index (κ3) is 3.97. The van der Waals surface area contributed by atoms with Crippen molar-refractivity contribution < 1.29 is 9.59 Å². The average Bonchev–Trinajstić information content (AvgIpc) is 2.78. The van der Waals surface area contributed by atoms with E-state index in [1.807, 2.05) is 36.0 Å². The first-order chi connectivity index (χ1) is 13.1. The number of benzene rings is 1. The molecule has 1 N–H and O–H groups in total. The third-order valence-electron chi connectivity index (χ3n) is 4.59. The Balaban J connectivity index is 1.53. The molecule has 1 saturated heterocycles. The highest BCUT2D eigenvalue weighted by Crippen LogP contribution is 2.40. The fraction of sp³-hybridized carbons (Fsp3) is 0.316. The van der Waals surface area contributed by atoms with Gasteiger partial charge in [0.25, 0.3) is 5.91 Å². The first-order valence-electron chi connectivity index (χ1n) is 8.77. The lowest BCUT2D eigenvalue weighted by Crippen LogP contribution is -2.38. The van der Waals surface area contributed by atoms with Gasteiger partial charge in [-0.05, 0) is 30.3 Å². The summed E-state index contributed by atoms with van der Waals surface area (Å²) in [5, 5.41) is 3.73. The van der Waals surface area contributed by atoms with Crippen LogP contribution < -0.4 is 10.2 Å². The molecule has 4 rings (SSSR count). The van der Waals surface area contributed by atoms with Crippen molar-refractivity contribution in [1.29, 1.82) is 0 Å². The lowest BCUT2D eigenvalue weighted by Gasteiger charge is -2.25. The van der Waals surface area contributed by atoms with Crippen LogP contribution in [0, 0.1) is 0 Å². The second-order valence-electron chi connectivity index (χ2n) is 6.44. The van der Waals surface area contributed by atoms with Crippen molar-refractivity contribution in [2.45, 2.75) is 9.92 Å². The maximum Gasteiger partial charge on any atom is 0.259 e. The zero-order valence-corrected chi connectivity index (χ0v) is 16.6. The van der Waals surface area contributed by atoms with Crippen LogP contribution in [-0.2, 0) is 4.79 Å². The van der Waals surface area contributed by atoms with E-state index in [2.05, 4.69) is 15.2 Å². The summed E-state index contributed by atoms with van der Waals surface area (Å²) in [5.74, 6) is 1.99. The number of hydrogen-bond acceptors (Lipinski definition) is 6. The van der Waals surface area contributed by atoms with Crippen LogP contribution in [0.3, 0.4) is 0 Å². The molecule has 0 saturated carbocycles. The average molecular weight is 401 g/mol. The lowest BCUT2D eigenvalue weighted by atomic mass is 10.1. The van der Waals surface area contributed by atoms with Crippen LogP contribution in [0.1, 0.15) is 10.4 Å². The molecule has 1 aromatic heterocycles. The van der Waals surface area contributed by atoms with Crippen LogP contribution in [-0.4, -0.2) is 59.9 Å². The number of carbonyl (C=O) groups excluding carboxylic acids is 2. The number of fused-ring (bicyclic) bond motifs is 2. The smallest absolute Gasteiger partial charge is 0.259 e. The quantitative estimate of drug-likeness (QED) is 0.855. The van der Waals surface area contributed by atoms with E-state index in [9.17, 15) is 9.59 Å². The molecule has 2 aliphatic rings. The third-order valence-corrected chi connectivity index (χ3v) is 6.61. The van der Waals surface area contributed by atoms with Gasteiger partial charge < -0.3 is 10.2 Å². The first kappa shape index (κ1) is 18.3. The topological polar surface area (TPSA) is 65.5 Å². The predicted molar refractivity (Wildman–Crippen MR) is 110 cm³/mol. The maximum atomic E-state index is 12.9. The zero-order chi connectivity index (χ0) is 18.8. The molecule has 140 valence electrons. The van der Waals surface area contributed by atoms with Crippen molar-refractivity contribution in [2.24, 2.45) is 0 Å². The molecule has 0 spiro atoms. The zero-order valence-electron chi connectivity index (χ0n) is 15.0. The number of pyridine rings is 1. The molecule has 1 fully saturated rings. The van der Waals surface area contributed by atoms with Crippen molar-refractivity contribution >= 4 is 46.7 Å². The normalized spacial score (nSPS) is 17.1. The Bertz CT molecular complexity index is 884. The molecule has 8 heteroatoms. The largest absolute Gasteiger partial charge is 0.325 e. The Kier molecular flexibility index (Phi) is 5.38. The van der Waals surface area contributed by atoms with E-state index < -0.39 is 0 Å². The fourth-order valence-electron chi connectivity index (χ4n) is 3.14. The summed E-state index contributed by atoms with van der Waals surface area (Å²) in [5.41, 5.74) is 2.01. The van der Waals surface area contributed by atoms with Gasteiger partial charge in [0.1, 0.15) is 5.03 Å². The predicted octanol–water partition coefficient (Wildman–Crippen LogP) is 2.81. The highest BCUT2D eigenvalue weighted by molar-refractivity contribution is 7.99. The van der Waals surface area contributed by atoms with Crippen molar-refractivity contribution in [3.05, 3.63) is 42.1 Å². The summed E-state index contributed by atoms with van der Waals surface area (Å²) in [4.78, 5) is 34.3. The van der Waals surface area contributed by atoms with Crippen molar-refractivity contribution in [1.82, 2.24) is 9.88 Å². The Hall–Kier alpha value is -2.03. The molecule has 27 heavy (non-hydrogen) atoms. The van der Waals surface area contributed by atoms with Crippen LogP contribution in [0.25, 0.3) is 0 Å². The summed E-state index contributed by atoms with van der Waals surface area (Å²) in [6.07, 6.45) is 1.73. The van der Waals surface area contributed by atoms with Crippen LogP contribution in [0.4, 0.5) is 11.4 Å². The highest BCUT2D eigenvalue weighted by atomic mass is 32.2. The molecule has 0 unspecified atom stereocenters. The molecule has 0 radical (unpaired) electrons. The van der Waals surface area contributed by atoms with E-state index in [1.54, 1.807) is 24.2 Å². The number of carbonyl (C=O) groups is 2. The first-order valence-corrected chi connectivity index (χ1v) is 10.7. The summed E-state index contributed by atoms with van der Waals surface area (Å²) in [6.45, 7) is 2.26. The molecule has 0 aliphatic carbocycles. The van der Waals surface area contributed by atoms with Crippen LogP contribution >= 0.6 is 23.5 Å². The Morgan fingerprint density at radius 3 is 2.89 bits per heavy atom. The van der Waals surface area contributed by atoms with E-state index in [0.717, 1.165) is 40.2 Å². The van der Waals surface area contributed by atoms with Gasteiger partial charge in [0, 0.05) is 48.4 Å². The molecule has 0 bridgehead atoms. The number of nitrogens with one attached hydrogen (secondary N) is 1. The summed E-state index contributed by atoms with van der Waals surface area (Å²) >= 11 is 3.39. The van der Waals surface area contributed by atoms with Gasteiger partial charge in [0.05, 0.1) is 17.8 Å². The standard InChI is InChI=1S/C19H20N4O2S2/c1-22-15-3-2-6-20-18(15)27-16-5-4-13(11-14(16)19(22)25)21-17(24)12-23-7-9-26-10-8-23/h2-6,11H,7-10,12H2,1H3,(H,21,24). The van der Waals surface area contributed by atoms with Crippen LogP contribution in [0.5, 0.6) is 0 Å². The number of aromatic nitrogens is 1. The van der Waals surface area contributed by atoms with Gasteiger partial charge in [-0.1, -0.05) is 11.8 Å². The molecule has 2 amide bonds. The maximum absolute atomic E-state index is 12.9. The van der Waals surface area contributed by atoms with Gasteiger partial charge >= 0.3 is 0 Å². The van der Waals surface area contributed by atoms with Gasteiger partial charge in [-0.25, -0.2) is 4.98 Å². The van der Waals surface area contributed by atoms with Crippen molar-refractivity contribution in [2.75, 3.05) is 48.4 Å². The van der Waals surface area contributed by atoms with E-state index in [0.29, 0.717) is 17.8 Å². The minimum atomic E-state index is -0.103. The summed E-state index contributed by atoms with van der Waals surface area (Å²) in [7, 11) is 1.75. The second-order valence-corrected chi connectivity index (χ2v) is 8.70. The minimum absolute atomic E-state index is 0.0473. The Morgan fingerprint density at radius 1 is 1.26 bits per heavy atom. The number of amides is 2. The molecule has 2 aliphatic heterocycles. The molecule has 6 nitrogen and oxygen atoms in total. The van der Waals surface area contributed by atoms with E-state index in [1.165, 1.54) is 11.8 Å².